The van der Waals surface area contributed by atoms with E-state index in [0.717, 1.165) is 22.3 Å². The van der Waals surface area contributed by atoms with E-state index in [-0.39, 0.29) is 0 Å². The number of hydrogen-bond acceptors (Lipinski definition) is 3. The number of aromatic nitrogens is 3. The van der Waals surface area contributed by atoms with Gasteiger partial charge in [0, 0.05) is 30.4 Å². The molecule has 0 saturated carbocycles. The van der Waals surface area contributed by atoms with Crippen LogP contribution in [-0.2, 0) is 0 Å². The van der Waals surface area contributed by atoms with Crippen molar-refractivity contribution in [3.8, 4) is 33.4 Å². The van der Waals surface area contributed by atoms with Crippen LogP contribution in [0.15, 0.2) is 85.7 Å². The van der Waals surface area contributed by atoms with Gasteiger partial charge in [0.2, 0.25) is 0 Å². The molecule has 120 valence electrons. The van der Waals surface area contributed by atoms with Gasteiger partial charge in [-0.05, 0) is 65.1 Å². The molecule has 0 aliphatic heterocycles. The van der Waals surface area contributed by atoms with E-state index >= 15 is 0 Å². The Kier molecular flexibility index (Phi) is 4.05. The zero-order valence-corrected chi connectivity index (χ0v) is 13.9. The Balaban J connectivity index is 1.90. The molecule has 0 saturated heterocycles. The fraction of sp³-hybridized carbons (Fsp3) is 0.0455. The minimum Gasteiger partial charge on any atom is -0.265 e. The first-order valence-corrected chi connectivity index (χ1v) is 8.17. The third-order valence-electron chi connectivity index (χ3n) is 4.23. The van der Waals surface area contributed by atoms with Crippen LogP contribution in [0.4, 0.5) is 0 Å². The van der Waals surface area contributed by atoms with Crippen molar-refractivity contribution in [2.45, 2.75) is 6.92 Å². The number of hydrogen-bond donors (Lipinski definition) is 0. The van der Waals surface area contributed by atoms with E-state index < -0.39 is 0 Å². The molecular formula is C22H17N3. The summed E-state index contributed by atoms with van der Waals surface area (Å²) in [6.07, 6.45) is 8.88. The molecule has 4 aromatic rings. The molecule has 3 nitrogen and oxygen atoms in total. The van der Waals surface area contributed by atoms with Gasteiger partial charge in [-0.25, -0.2) is 9.97 Å². The molecule has 3 heteroatoms. The van der Waals surface area contributed by atoms with Gasteiger partial charge >= 0.3 is 0 Å². The van der Waals surface area contributed by atoms with Crippen LogP contribution in [0.5, 0.6) is 0 Å². The van der Waals surface area contributed by atoms with Gasteiger partial charge in [0.1, 0.15) is 6.33 Å². The van der Waals surface area contributed by atoms with Gasteiger partial charge in [0.05, 0.1) is 0 Å². The monoisotopic (exact) mass is 323 g/mol. The fourth-order valence-electron chi connectivity index (χ4n) is 2.87. The van der Waals surface area contributed by atoms with Crippen LogP contribution < -0.4 is 0 Å². The van der Waals surface area contributed by atoms with E-state index in [1.807, 2.05) is 36.9 Å². The molecular weight excluding hydrogens is 306 g/mol. The van der Waals surface area contributed by atoms with Crippen molar-refractivity contribution in [3.63, 3.8) is 0 Å². The number of rotatable bonds is 3. The Morgan fingerprint density at radius 2 is 1.04 bits per heavy atom. The summed E-state index contributed by atoms with van der Waals surface area (Å²) in [5, 5.41) is 0. The summed E-state index contributed by atoms with van der Waals surface area (Å²) < 4.78 is 0. The second-order valence-electron chi connectivity index (χ2n) is 6.03. The highest BCUT2D eigenvalue weighted by Crippen LogP contribution is 2.32. The molecule has 4 rings (SSSR count). The van der Waals surface area contributed by atoms with Gasteiger partial charge in [-0.1, -0.05) is 29.8 Å². The summed E-state index contributed by atoms with van der Waals surface area (Å²) in [5.74, 6) is 0. The van der Waals surface area contributed by atoms with Gasteiger partial charge in [-0.3, -0.25) is 4.98 Å². The fourth-order valence-corrected chi connectivity index (χ4v) is 2.87. The van der Waals surface area contributed by atoms with E-state index in [9.17, 15) is 0 Å². The summed E-state index contributed by atoms with van der Waals surface area (Å²) in [7, 11) is 0. The maximum Gasteiger partial charge on any atom is 0.115 e. The lowest BCUT2D eigenvalue weighted by Crippen LogP contribution is -1.88. The average Bonchev–Trinajstić information content (AvgIpc) is 2.69. The summed E-state index contributed by atoms with van der Waals surface area (Å²) in [5.41, 5.74) is 8.03. The van der Waals surface area contributed by atoms with Crippen LogP contribution in [0.3, 0.4) is 0 Å². The average molecular weight is 323 g/mol. The molecule has 0 aliphatic rings. The molecule has 0 amide bonds. The van der Waals surface area contributed by atoms with Crippen molar-refractivity contribution in [1.29, 1.82) is 0 Å². The van der Waals surface area contributed by atoms with E-state index in [1.54, 1.807) is 6.33 Å². The molecule has 0 atom stereocenters. The standard InChI is InChI=1S/C22H17N3/c1-16-2-4-17(5-3-16)19-10-20(18-6-8-23-9-7-18)12-21(11-19)22-13-24-15-25-14-22/h2-15H,1H3. The molecule has 0 spiro atoms. The predicted molar refractivity (Wildman–Crippen MR) is 101 cm³/mol. The highest BCUT2D eigenvalue weighted by atomic mass is 14.8. The third-order valence-corrected chi connectivity index (χ3v) is 4.23. The lowest BCUT2D eigenvalue weighted by molar-refractivity contribution is 1.17. The quantitative estimate of drug-likeness (QED) is 0.521. The number of aryl methyl sites for hydroxylation is 1. The molecule has 2 heterocycles. The van der Waals surface area contributed by atoms with Crippen LogP contribution in [0, 0.1) is 6.92 Å². The molecule has 0 radical (unpaired) electrons. The highest BCUT2D eigenvalue weighted by molar-refractivity contribution is 5.80. The maximum atomic E-state index is 4.16. The number of nitrogens with zero attached hydrogens (tertiary/aromatic N) is 3. The first-order valence-electron chi connectivity index (χ1n) is 8.17. The Bertz CT molecular complexity index is 921. The van der Waals surface area contributed by atoms with E-state index in [0.29, 0.717) is 0 Å². The summed E-state index contributed by atoms with van der Waals surface area (Å²) >= 11 is 0. The van der Waals surface area contributed by atoms with Crippen LogP contribution in [-0.4, -0.2) is 15.0 Å². The smallest absolute Gasteiger partial charge is 0.115 e. The van der Waals surface area contributed by atoms with Gasteiger partial charge in [0.25, 0.3) is 0 Å². The van der Waals surface area contributed by atoms with Crippen molar-refractivity contribution in [3.05, 3.63) is 91.3 Å². The van der Waals surface area contributed by atoms with Crippen LogP contribution >= 0.6 is 0 Å². The zero-order chi connectivity index (χ0) is 17.1. The van der Waals surface area contributed by atoms with Crippen LogP contribution in [0.1, 0.15) is 5.56 Å². The molecule has 0 N–H and O–H groups in total. The predicted octanol–water partition coefficient (Wildman–Crippen LogP) is 5.18. The molecule has 0 aliphatic carbocycles. The van der Waals surface area contributed by atoms with E-state index in [1.165, 1.54) is 16.7 Å². The Labute approximate surface area is 147 Å². The normalized spacial score (nSPS) is 10.6. The number of benzene rings is 2. The maximum absolute atomic E-state index is 4.16. The minimum atomic E-state index is 1.01. The largest absolute Gasteiger partial charge is 0.265 e. The Hall–Kier alpha value is -3.33. The van der Waals surface area contributed by atoms with Crippen molar-refractivity contribution < 1.29 is 0 Å². The lowest BCUT2D eigenvalue weighted by atomic mass is 9.94. The summed E-state index contributed by atoms with van der Waals surface area (Å²) in [4.78, 5) is 12.4. The van der Waals surface area contributed by atoms with Gasteiger partial charge in [0.15, 0.2) is 0 Å². The molecule has 0 unspecified atom stereocenters. The highest BCUT2D eigenvalue weighted by Gasteiger charge is 2.07. The molecule has 25 heavy (non-hydrogen) atoms. The van der Waals surface area contributed by atoms with E-state index in [4.69, 9.17) is 0 Å². The molecule has 0 fully saturated rings. The summed E-state index contributed by atoms with van der Waals surface area (Å²) in [6.45, 7) is 2.10. The van der Waals surface area contributed by atoms with Crippen LogP contribution in [0.2, 0.25) is 0 Å². The van der Waals surface area contributed by atoms with Gasteiger partial charge in [-0.15, -0.1) is 0 Å². The minimum absolute atomic E-state index is 1.01. The molecule has 0 bridgehead atoms. The second-order valence-corrected chi connectivity index (χ2v) is 6.03. The van der Waals surface area contributed by atoms with Gasteiger partial charge in [-0.2, -0.15) is 0 Å². The Morgan fingerprint density at radius 1 is 0.520 bits per heavy atom. The van der Waals surface area contributed by atoms with Crippen molar-refractivity contribution >= 4 is 0 Å². The molecule has 2 aromatic carbocycles. The van der Waals surface area contributed by atoms with E-state index in [2.05, 4.69) is 64.3 Å². The van der Waals surface area contributed by atoms with Gasteiger partial charge < -0.3 is 0 Å². The van der Waals surface area contributed by atoms with Crippen LogP contribution in [0.25, 0.3) is 33.4 Å². The topological polar surface area (TPSA) is 38.7 Å². The number of pyridine rings is 1. The molecule has 2 aromatic heterocycles. The first kappa shape index (κ1) is 15.2. The zero-order valence-electron chi connectivity index (χ0n) is 13.9. The SMILES string of the molecule is Cc1ccc(-c2cc(-c3ccncc3)cc(-c3cncnc3)c2)cc1. The third kappa shape index (κ3) is 3.31. The Morgan fingerprint density at radius 3 is 1.64 bits per heavy atom. The second kappa shape index (κ2) is 6.65. The first-order chi connectivity index (χ1) is 12.3. The van der Waals surface area contributed by atoms with Crippen molar-refractivity contribution in [2.24, 2.45) is 0 Å². The summed E-state index contributed by atoms with van der Waals surface area (Å²) in [6, 6.07) is 19.2. The van der Waals surface area contributed by atoms with Crippen molar-refractivity contribution in [2.75, 3.05) is 0 Å². The van der Waals surface area contributed by atoms with Crippen molar-refractivity contribution in [1.82, 2.24) is 15.0 Å². The lowest BCUT2D eigenvalue weighted by Gasteiger charge is -2.11.